The van der Waals surface area contributed by atoms with Gasteiger partial charge in [-0.25, -0.2) is 0 Å². The Morgan fingerprint density at radius 2 is 2.41 bits per heavy atom. The summed E-state index contributed by atoms with van der Waals surface area (Å²) in [7, 11) is 0. The van der Waals surface area contributed by atoms with E-state index in [0.29, 0.717) is 6.10 Å². The summed E-state index contributed by atoms with van der Waals surface area (Å²) in [6, 6.07) is 8.71. The molecule has 3 N–H and O–H groups in total. The molecule has 0 amide bonds. The molecule has 1 aliphatic heterocycles. The Kier molecular flexibility index (Phi) is 5.21. The number of rotatable bonds is 5. The molecule has 3 nitrogen and oxygen atoms in total. The van der Waals surface area contributed by atoms with E-state index in [4.69, 9.17) is 10.6 Å². The first-order chi connectivity index (χ1) is 8.29. The van der Waals surface area contributed by atoms with Crippen LogP contribution in [0.3, 0.4) is 0 Å². The summed E-state index contributed by atoms with van der Waals surface area (Å²) in [4.78, 5) is 0. The number of hydrazine groups is 1. The Balaban J connectivity index is 1.91. The summed E-state index contributed by atoms with van der Waals surface area (Å²) in [5, 5.41) is 0. The zero-order chi connectivity index (χ0) is 12.1. The normalized spacial score (nSPS) is 21.6. The second-order valence-electron chi connectivity index (χ2n) is 4.49. The lowest BCUT2D eigenvalue weighted by Gasteiger charge is -2.18. The number of hydrogen-bond donors (Lipinski definition) is 2. The summed E-state index contributed by atoms with van der Waals surface area (Å²) in [5.74, 6) is 5.65. The van der Waals surface area contributed by atoms with Crippen LogP contribution in [0.15, 0.2) is 24.3 Å². The van der Waals surface area contributed by atoms with Crippen LogP contribution in [-0.4, -0.2) is 12.7 Å². The minimum absolute atomic E-state index is 0.230. The molecule has 0 radical (unpaired) electrons. The van der Waals surface area contributed by atoms with E-state index in [1.54, 1.807) is 0 Å². The highest BCUT2D eigenvalue weighted by Crippen LogP contribution is 2.24. The van der Waals surface area contributed by atoms with Gasteiger partial charge in [-0.3, -0.25) is 11.3 Å². The first-order valence-corrected chi connectivity index (χ1v) is 7.20. The van der Waals surface area contributed by atoms with E-state index in [1.807, 2.05) is 0 Å². The lowest BCUT2D eigenvalue weighted by atomic mass is 10.00. The van der Waals surface area contributed by atoms with Crippen LogP contribution in [0.4, 0.5) is 0 Å². The van der Waals surface area contributed by atoms with Gasteiger partial charge in [-0.15, -0.1) is 0 Å². The maximum Gasteiger partial charge on any atom is 0.0576 e. The van der Waals surface area contributed by atoms with Gasteiger partial charge in [0.2, 0.25) is 0 Å². The van der Waals surface area contributed by atoms with Crippen molar-refractivity contribution in [2.75, 3.05) is 6.61 Å². The summed E-state index contributed by atoms with van der Waals surface area (Å²) in [6.07, 6.45) is 4.95. The smallest absolute Gasteiger partial charge is 0.0576 e. The molecule has 1 aromatic carbocycles. The van der Waals surface area contributed by atoms with Crippen LogP contribution in [-0.2, 0) is 4.74 Å². The number of halogens is 1. The van der Waals surface area contributed by atoms with E-state index in [9.17, 15) is 0 Å². The molecular formula is C13H19IN2O. The van der Waals surface area contributed by atoms with Crippen LogP contribution in [0.25, 0.3) is 0 Å². The van der Waals surface area contributed by atoms with E-state index in [0.717, 1.165) is 19.4 Å². The third-order valence-corrected chi connectivity index (χ3v) is 3.92. The highest BCUT2D eigenvalue weighted by atomic mass is 127. The fraction of sp³-hybridized carbons (Fsp3) is 0.538. The molecular weight excluding hydrogens is 327 g/mol. The van der Waals surface area contributed by atoms with Crippen molar-refractivity contribution in [3.8, 4) is 0 Å². The van der Waals surface area contributed by atoms with Crippen molar-refractivity contribution in [1.29, 1.82) is 0 Å². The van der Waals surface area contributed by atoms with Crippen LogP contribution < -0.4 is 11.3 Å². The zero-order valence-corrected chi connectivity index (χ0v) is 12.0. The molecule has 1 aliphatic rings. The number of ether oxygens (including phenoxy) is 1. The molecule has 2 unspecified atom stereocenters. The average Bonchev–Trinajstić information content (AvgIpc) is 2.83. The van der Waals surface area contributed by atoms with E-state index in [-0.39, 0.29) is 6.04 Å². The second-order valence-corrected chi connectivity index (χ2v) is 5.73. The van der Waals surface area contributed by atoms with Crippen LogP contribution in [0.5, 0.6) is 0 Å². The van der Waals surface area contributed by atoms with Gasteiger partial charge < -0.3 is 4.74 Å². The van der Waals surface area contributed by atoms with Gasteiger partial charge in [0, 0.05) is 16.2 Å². The van der Waals surface area contributed by atoms with Gasteiger partial charge in [0.05, 0.1) is 6.10 Å². The molecule has 1 aromatic rings. The van der Waals surface area contributed by atoms with Gasteiger partial charge >= 0.3 is 0 Å². The summed E-state index contributed by atoms with van der Waals surface area (Å²) >= 11 is 2.33. The predicted octanol–water partition coefficient (Wildman–Crippen LogP) is 2.75. The van der Waals surface area contributed by atoms with Gasteiger partial charge in [-0.2, -0.15) is 0 Å². The van der Waals surface area contributed by atoms with Gasteiger partial charge in [0.25, 0.3) is 0 Å². The Hall–Kier alpha value is -0.170. The summed E-state index contributed by atoms with van der Waals surface area (Å²) < 4.78 is 6.89. The lowest BCUT2D eigenvalue weighted by molar-refractivity contribution is 0.0996. The minimum atomic E-state index is 0.230. The fourth-order valence-electron chi connectivity index (χ4n) is 2.29. The van der Waals surface area contributed by atoms with Crippen LogP contribution >= 0.6 is 22.6 Å². The van der Waals surface area contributed by atoms with E-state index < -0.39 is 0 Å². The number of nitrogens with one attached hydrogen (secondary N) is 1. The van der Waals surface area contributed by atoms with Crippen molar-refractivity contribution in [3.05, 3.63) is 33.4 Å². The van der Waals surface area contributed by atoms with Crippen molar-refractivity contribution in [2.45, 2.75) is 37.8 Å². The molecule has 0 aromatic heterocycles. The van der Waals surface area contributed by atoms with Crippen molar-refractivity contribution in [2.24, 2.45) is 5.84 Å². The fourth-order valence-corrected chi connectivity index (χ4v) is 2.86. The Morgan fingerprint density at radius 1 is 1.53 bits per heavy atom. The van der Waals surface area contributed by atoms with Gasteiger partial charge in [-0.1, -0.05) is 12.1 Å². The van der Waals surface area contributed by atoms with Crippen LogP contribution in [0.1, 0.15) is 37.3 Å². The highest BCUT2D eigenvalue weighted by Gasteiger charge is 2.18. The van der Waals surface area contributed by atoms with Crippen molar-refractivity contribution in [1.82, 2.24) is 5.43 Å². The average molecular weight is 346 g/mol. The van der Waals surface area contributed by atoms with Crippen LogP contribution in [0, 0.1) is 3.57 Å². The number of benzene rings is 1. The molecule has 2 atom stereocenters. The largest absolute Gasteiger partial charge is 0.378 e. The predicted molar refractivity (Wildman–Crippen MR) is 77.4 cm³/mol. The van der Waals surface area contributed by atoms with Crippen molar-refractivity contribution >= 4 is 22.6 Å². The topological polar surface area (TPSA) is 47.3 Å². The quantitative estimate of drug-likeness (QED) is 0.490. The van der Waals surface area contributed by atoms with E-state index in [1.165, 1.54) is 22.0 Å². The number of hydrogen-bond acceptors (Lipinski definition) is 3. The molecule has 0 bridgehead atoms. The van der Waals surface area contributed by atoms with E-state index >= 15 is 0 Å². The van der Waals surface area contributed by atoms with Crippen molar-refractivity contribution < 1.29 is 4.74 Å². The third-order valence-electron chi connectivity index (χ3n) is 3.25. The lowest BCUT2D eigenvalue weighted by Crippen LogP contribution is -2.28. The van der Waals surface area contributed by atoms with Gasteiger partial charge in [-0.05, 0) is 66.0 Å². The maximum absolute atomic E-state index is 5.65. The molecule has 94 valence electrons. The summed E-state index contributed by atoms with van der Waals surface area (Å²) in [6.45, 7) is 0.925. The molecule has 0 spiro atoms. The Labute approximate surface area is 116 Å². The molecule has 4 heteroatoms. The molecule has 0 aliphatic carbocycles. The first-order valence-electron chi connectivity index (χ1n) is 6.13. The number of nitrogens with two attached hydrogens (primary N) is 1. The monoisotopic (exact) mass is 346 g/mol. The molecule has 1 fully saturated rings. The molecule has 2 rings (SSSR count). The van der Waals surface area contributed by atoms with Gasteiger partial charge in [0.1, 0.15) is 0 Å². The molecule has 0 saturated carbocycles. The molecule has 1 heterocycles. The zero-order valence-electron chi connectivity index (χ0n) is 9.86. The third kappa shape index (κ3) is 3.91. The Morgan fingerprint density at radius 3 is 3.06 bits per heavy atom. The SMILES string of the molecule is NNC(CCC1CCCO1)c1cccc(I)c1. The minimum Gasteiger partial charge on any atom is -0.378 e. The van der Waals surface area contributed by atoms with E-state index in [2.05, 4.69) is 52.3 Å². The molecule has 17 heavy (non-hydrogen) atoms. The standard InChI is InChI=1S/C13H19IN2O/c14-11-4-1-3-10(9-11)13(16-15)7-6-12-5-2-8-17-12/h1,3-4,9,12-13,16H,2,5-8,15H2. The maximum atomic E-state index is 5.65. The highest BCUT2D eigenvalue weighted by molar-refractivity contribution is 14.1. The van der Waals surface area contributed by atoms with Crippen molar-refractivity contribution in [3.63, 3.8) is 0 Å². The second kappa shape index (κ2) is 6.68. The first kappa shape index (κ1) is 13.3. The van der Waals surface area contributed by atoms with Gasteiger partial charge in [0.15, 0.2) is 0 Å². The van der Waals surface area contributed by atoms with Crippen LogP contribution in [0.2, 0.25) is 0 Å². The Bertz CT molecular complexity index is 353. The molecule has 1 saturated heterocycles. The summed E-state index contributed by atoms with van der Waals surface area (Å²) in [5.41, 5.74) is 4.17.